The third-order valence-corrected chi connectivity index (χ3v) is 6.96. The fourth-order valence-corrected chi connectivity index (χ4v) is 4.98. The minimum absolute atomic E-state index is 0.230. The molecule has 6 nitrogen and oxygen atoms in total. The molecular formula is C13H17N3O3S3. The molecule has 0 bridgehead atoms. The first-order chi connectivity index (χ1) is 10.6. The SMILES string of the molecule is O=S(=O)(NCc1nc(CN2CCOCC2)cs1)c1cccs1. The molecule has 0 atom stereocenters. The van der Waals surface area contributed by atoms with Gasteiger partial charge in [-0.3, -0.25) is 4.90 Å². The van der Waals surface area contributed by atoms with E-state index in [1.807, 2.05) is 5.38 Å². The van der Waals surface area contributed by atoms with Gasteiger partial charge in [0.2, 0.25) is 10.0 Å². The molecule has 120 valence electrons. The van der Waals surface area contributed by atoms with Crippen molar-refractivity contribution in [2.45, 2.75) is 17.3 Å². The summed E-state index contributed by atoms with van der Waals surface area (Å²) < 4.78 is 32.3. The Hall–Kier alpha value is -0.840. The van der Waals surface area contributed by atoms with E-state index in [0.29, 0.717) is 4.21 Å². The van der Waals surface area contributed by atoms with Gasteiger partial charge >= 0.3 is 0 Å². The van der Waals surface area contributed by atoms with E-state index in [1.54, 1.807) is 17.5 Å². The molecule has 1 saturated heterocycles. The van der Waals surface area contributed by atoms with Crippen LogP contribution in [-0.4, -0.2) is 44.6 Å². The molecule has 1 aliphatic rings. The topological polar surface area (TPSA) is 71.5 Å². The third-order valence-electron chi connectivity index (χ3n) is 3.26. The number of hydrogen-bond acceptors (Lipinski definition) is 7. The minimum atomic E-state index is -3.42. The largest absolute Gasteiger partial charge is 0.379 e. The molecule has 0 aliphatic carbocycles. The molecule has 0 unspecified atom stereocenters. The van der Waals surface area contributed by atoms with Gasteiger partial charge in [0.1, 0.15) is 9.22 Å². The quantitative estimate of drug-likeness (QED) is 0.847. The standard InChI is InChI=1S/C13H17N3O3S3/c17-22(18,13-2-1-7-20-13)14-8-12-15-11(10-21-12)9-16-3-5-19-6-4-16/h1-2,7,10,14H,3-6,8-9H2. The number of aromatic nitrogens is 1. The first kappa shape index (κ1) is 16.0. The summed E-state index contributed by atoms with van der Waals surface area (Å²) in [7, 11) is -3.42. The Labute approximate surface area is 137 Å². The van der Waals surface area contributed by atoms with Gasteiger partial charge in [0.05, 0.1) is 25.5 Å². The van der Waals surface area contributed by atoms with Gasteiger partial charge in [-0.05, 0) is 11.4 Å². The molecule has 9 heteroatoms. The summed E-state index contributed by atoms with van der Waals surface area (Å²) in [5.41, 5.74) is 0.984. The Morgan fingerprint density at radius 2 is 2.14 bits per heavy atom. The van der Waals surface area contributed by atoms with Gasteiger partial charge in [-0.1, -0.05) is 6.07 Å². The van der Waals surface area contributed by atoms with Crippen molar-refractivity contribution in [1.29, 1.82) is 0 Å². The van der Waals surface area contributed by atoms with Crippen LogP contribution in [0.1, 0.15) is 10.7 Å². The molecule has 0 radical (unpaired) electrons. The highest BCUT2D eigenvalue weighted by Gasteiger charge is 2.16. The molecule has 1 N–H and O–H groups in total. The van der Waals surface area contributed by atoms with Crippen molar-refractivity contribution in [3.8, 4) is 0 Å². The second kappa shape index (κ2) is 7.16. The van der Waals surface area contributed by atoms with Crippen molar-refractivity contribution in [2.24, 2.45) is 0 Å². The first-order valence-electron chi connectivity index (χ1n) is 6.90. The van der Waals surface area contributed by atoms with Gasteiger partial charge in [-0.25, -0.2) is 18.1 Å². The molecule has 2 aromatic rings. The lowest BCUT2D eigenvalue weighted by molar-refractivity contribution is 0.0337. The summed E-state index contributed by atoms with van der Waals surface area (Å²) in [6.07, 6.45) is 0. The fraction of sp³-hybridized carbons (Fsp3) is 0.462. The van der Waals surface area contributed by atoms with Crippen LogP contribution in [-0.2, 0) is 27.8 Å². The summed E-state index contributed by atoms with van der Waals surface area (Å²) in [4.78, 5) is 6.79. The lowest BCUT2D eigenvalue weighted by Crippen LogP contribution is -2.35. The number of thiophene rings is 1. The molecule has 0 saturated carbocycles. The highest BCUT2D eigenvalue weighted by atomic mass is 32.2. The van der Waals surface area contributed by atoms with Crippen molar-refractivity contribution in [3.63, 3.8) is 0 Å². The highest BCUT2D eigenvalue weighted by molar-refractivity contribution is 7.91. The van der Waals surface area contributed by atoms with Gasteiger partial charge in [0.25, 0.3) is 0 Å². The van der Waals surface area contributed by atoms with Crippen LogP contribution in [0.2, 0.25) is 0 Å². The van der Waals surface area contributed by atoms with Crippen molar-refractivity contribution < 1.29 is 13.2 Å². The summed E-state index contributed by atoms with van der Waals surface area (Å²) >= 11 is 2.69. The van der Waals surface area contributed by atoms with Crippen LogP contribution in [0.15, 0.2) is 27.1 Å². The van der Waals surface area contributed by atoms with Gasteiger partial charge in [-0.2, -0.15) is 0 Å². The molecule has 1 aliphatic heterocycles. The maximum Gasteiger partial charge on any atom is 0.250 e. The van der Waals surface area contributed by atoms with Crippen LogP contribution in [0.4, 0.5) is 0 Å². The maximum absolute atomic E-state index is 12.0. The van der Waals surface area contributed by atoms with Crippen LogP contribution < -0.4 is 4.72 Å². The Bertz CT molecular complexity index is 691. The minimum Gasteiger partial charge on any atom is -0.379 e. The number of nitrogens with one attached hydrogen (secondary N) is 1. The average Bonchev–Trinajstić information content (AvgIpc) is 3.18. The first-order valence-corrected chi connectivity index (χ1v) is 10.1. The van der Waals surface area contributed by atoms with E-state index >= 15 is 0 Å². The van der Waals surface area contributed by atoms with Crippen LogP contribution in [0, 0.1) is 0 Å². The number of sulfonamides is 1. The molecule has 0 amide bonds. The Kier molecular flexibility index (Phi) is 5.21. The summed E-state index contributed by atoms with van der Waals surface area (Å²) in [6, 6.07) is 3.32. The molecule has 0 spiro atoms. The number of morpholine rings is 1. The zero-order valence-electron chi connectivity index (χ0n) is 11.9. The number of rotatable bonds is 6. The van der Waals surface area contributed by atoms with Crippen LogP contribution in [0.5, 0.6) is 0 Å². The smallest absolute Gasteiger partial charge is 0.250 e. The van der Waals surface area contributed by atoms with Gasteiger partial charge in [-0.15, -0.1) is 22.7 Å². The van der Waals surface area contributed by atoms with E-state index in [0.717, 1.165) is 43.5 Å². The lowest BCUT2D eigenvalue weighted by Gasteiger charge is -2.25. The summed E-state index contributed by atoms with van der Waals surface area (Å²) in [5, 5.41) is 4.52. The second-order valence-electron chi connectivity index (χ2n) is 4.88. The van der Waals surface area contributed by atoms with Gasteiger partial charge in [0, 0.05) is 25.0 Å². The van der Waals surface area contributed by atoms with Gasteiger partial charge < -0.3 is 4.74 Å². The normalized spacial score (nSPS) is 16.9. The zero-order valence-corrected chi connectivity index (χ0v) is 14.3. The Morgan fingerprint density at radius 3 is 2.86 bits per heavy atom. The lowest BCUT2D eigenvalue weighted by atomic mass is 10.3. The van der Waals surface area contributed by atoms with Crippen molar-refractivity contribution in [1.82, 2.24) is 14.6 Å². The Morgan fingerprint density at radius 1 is 1.32 bits per heavy atom. The molecular weight excluding hydrogens is 342 g/mol. The maximum atomic E-state index is 12.0. The average molecular weight is 359 g/mol. The predicted molar refractivity (Wildman–Crippen MR) is 86.6 cm³/mol. The predicted octanol–water partition coefficient (Wildman–Crippen LogP) is 1.52. The summed E-state index contributed by atoms with van der Waals surface area (Å²) in [5.74, 6) is 0. The second-order valence-corrected chi connectivity index (χ2v) is 8.76. The number of ether oxygens (including phenoxy) is 1. The van der Waals surface area contributed by atoms with E-state index in [9.17, 15) is 8.42 Å². The molecule has 1 fully saturated rings. The van der Waals surface area contributed by atoms with E-state index in [1.165, 1.54) is 22.7 Å². The van der Waals surface area contributed by atoms with Gasteiger partial charge in [0.15, 0.2) is 0 Å². The van der Waals surface area contributed by atoms with Crippen molar-refractivity contribution >= 4 is 32.7 Å². The van der Waals surface area contributed by atoms with Crippen LogP contribution in [0.3, 0.4) is 0 Å². The highest BCUT2D eigenvalue weighted by Crippen LogP contribution is 2.17. The molecule has 2 aromatic heterocycles. The van der Waals surface area contributed by atoms with E-state index < -0.39 is 10.0 Å². The third kappa shape index (κ3) is 4.12. The number of hydrogen-bond donors (Lipinski definition) is 1. The Balaban J connectivity index is 1.55. The molecule has 3 rings (SSSR count). The zero-order chi connectivity index (χ0) is 15.4. The molecule has 0 aromatic carbocycles. The summed E-state index contributed by atoms with van der Waals surface area (Å²) in [6.45, 7) is 4.37. The molecule has 22 heavy (non-hydrogen) atoms. The number of nitrogens with zero attached hydrogens (tertiary/aromatic N) is 2. The van der Waals surface area contributed by atoms with E-state index in [2.05, 4.69) is 14.6 Å². The number of thiazole rings is 1. The van der Waals surface area contributed by atoms with Crippen LogP contribution in [0.25, 0.3) is 0 Å². The monoisotopic (exact) mass is 359 g/mol. The van der Waals surface area contributed by atoms with E-state index in [4.69, 9.17) is 4.74 Å². The van der Waals surface area contributed by atoms with Crippen molar-refractivity contribution in [2.75, 3.05) is 26.3 Å². The fourth-order valence-electron chi connectivity index (χ4n) is 2.14. The van der Waals surface area contributed by atoms with Crippen LogP contribution >= 0.6 is 22.7 Å². The molecule has 3 heterocycles. The van der Waals surface area contributed by atoms with Crippen molar-refractivity contribution in [3.05, 3.63) is 33.6 Å². The van der Waals surface area contributed by atoms with E-state index in [-0.39, 0.29) is 6.54 Å².